The number of unbranched alkanes of at least 4 members (excludes halogenated alkanes) is 59. The van der Waals surface area contributed by atoms with Gasteiger partial charge >= 0.3 is 5.97 Å². The van der Waals surface area contributed by atoms with Gasteiger partial charge in [-0.2, -0.15) is 0 Å². The molecule has 88 heavy (non-hydrogen) atoms. The van der Waals surface area contributed by atoms with Crippen LogP contribution in [0.1, 0.15) is 450 Å². The second kappa shape index (κ2) is 77.5. The van der Waals surface area contributed by atoms with Crippen molar-refractivity contribution in [3.8, 4) is 0 Å². The number of carbonyl (C=O) groups is 2. The van der Waals surface area contributed by atoms with Crippen molar-refractivity contribution in [1.82, 2.24) is 5.32 Å². The van der Waals surface area contributed by atoms with Crippen LogP contribution >= 0.6 is 0 Å². The first-order valence-electron chi connectivity index (χ1n) is 40.2. The minimum atomic E-state index is -0.669. The van der Waals surface area contributed by atoms with E-state index < -0.39 is 12.1 Å². The summed E-state index contributed by atoms with van der Waals surface area (Å²) >= 11 is 0. The number of aliphatic hydroxyl groups excluding tert-OH is 2. The Morgan fingerprint density at radius 2 is 0.568 bits per heavy atom. The molecule has 0 aliphatic carbocycles. The highest BCUT2D eigenvalue weighted by molar-refractivity contribution is 5.76. The smallest absolute Gasteiger partial charge is 0.305 e. The molecule has 0 saturated heterocycles. The molecule has 1 amide bonds. The van der Waals surface area contributed by atoms with Crippen LogP contribution in [0.5, 0.6) is 0 Å². The van der Waals surface area contributed by atoms with Gasteiger partial charge < -0.3 is 20.3 Å². The van der Waals surface area contributed by atoms with Crippen LogP contribution in [0.25, 0.3) is 0 Å². The number of rotatable bonds is 76. The number of nitrogens with one attached hydrogen (secondary N) is 1. The van der Waals surface area contributed by atoms with Crippen molar-refractivity contribution in [1.29, 1.82) is 0 Å². The Labute approximate surface area is 551 Å². The predicted molar refractivity (Wildman–Crippen MR) is 389 cm³/mol. The minimum Gasteiger partial charge on any atom is -0.466 e. The average molecular weight is 1240 g/mol. The maximum absolute atomic E-state index is 12.6. The number of aliphatic hydroxyl groups is 2. The van der Waals surface area contributed by atoms with Gasteiger partial charge in [0, 0.05) is 12.8 Å². The second-order valence-corrected chi connectivity index (χ2v) is 27.7. The molecule has 0 fully saturated rings. The number of esters is 1. The van der Waals surface area contributed by atoms with Gasteiger partial charge in [-0.1, -0.05) is 391 Å². The van der Waals surface area contributed by atoms with Crippen molar-refractivity contribution in [2.75, 3.05) is 13.2 Å². The zero-order chi connectivity index (χ0) is 63.5. The molecule has 0 radical (unpaired) electrons. The quantitative estimate of drug-likeness (QED) is 0.0320. The molecule has 6 nitrogen and oxygen atoms in total. The Bertz CT molecular complexity index is 1430. The highest BCUT2D eigenvalue weighted by atomic mass is 16.5. The molecule has 0 aromatic heterocycles. The molecule has 0 rings (SSSR count). The number of allylic oxidation sites excluding steroid dienone is 6. The molecule has 0 aromatic rings. The van der Waals surface area contributed by atoms with E-state index in [0.717, 1.165) is 51.4 Å². The van der Waals surface area contributed by atoms with Crippen LogP contribution in [0.4, 0.5) is 0 Å². The van der Waals surface area contributed by atoms with E-state index in [-0.39, 0.29) is 18.5 Å². The highest BCUT2D eigenvalue weighted by Gasteiger charge is 2.20. The van der Waals surface area contributed by atoms with Crippen LogP contribution in [0.15, 0.2) is 36.5 Å². The molecule has 0 aliphatic rings. The third kappa shape index (κ3) is 73.1. The first-order valence-corrected chi connectivity index (χ1v) is 40.2. The first-order chi connectivity index (χ1) is 43.5. The van der Waals surface area contributed by atoms with Crippen LogP contribution < -0.4 is 5.32 Å². The minimum absolute atomic E-state index is 0.0113. The molecule has 520 valence electrons. The van der Waals surface area contributed by atoms with Crippen LogP contribution in [-0.2, 0) is 14.3 Å². The van der Waals surface area contributed by atoms with Gasteiger partial charge in [0.05, 0.1) is 25.4 Å². The molecular formula is C82H157NO5. The van der Waals surface area contributed by atoms with E-state index >= 15 is 0 Å². The second-order valence-electron chi connectivity index (χ2n) is 27.7. The van der Waals surface area contributed by atoms with Crippen molar-refractivity contribution >= 4 is 11.9 Å². The Balaban J connectivity index is 3.40. The molecule has 2 unspecified atom stereocenters. The summed E-state index contributed by atoms with van der Waals surface area (Å²) in [6, 6.07) is -0.546. The van der Waals surface area contributed by atoms with Crippen molar-refractivity contribution < 1.29 is 24.5 Å². The van der Waals surface area contributed by atoms with E-state index in [1.54, 1.807) is 0 Å². The fourth-order valence-corrected chi connectivity index (χ4v) is 12.8. The topological polar surface area (TPSA) is 95.9 Å². The normalized spacial score (nSPS) is 12.6. The summed E-state index contributed by atoms with van der Waals surface area (Å²) < 4.78 is 5.51. The Hall–Kier alpha value is -1.92. The fourth-order valence-electron chi connectivity index (χ4n) is 12.8. The van der Waals surface area contributed by atoms with E-state index in [2.05, 4.69) is 55.6 Å². The summed E-state index contributed by atoms with van der Waals surface area (Å²) in [6.45, 7) is 4.99. The zero-order valence-electron chi connectivity index (χ0n) is 59.7. The van der Waals surface area contributed by atoms with Crippen LogP contribution in [-0.4, -0.2) is 47.4 Å². The molecule has 0 saturated carbocycles. The lowest BCUT2D eigenvalue weighted by Crippen LogP contribution is -2.45. The number of hydrogen-bond donors (Lipinski definition) is 3. The van der Waals surface area contributed by atoms with Gasteiger partial charge in [0.25, 0.3) is 0 Å². The molecule has 2 atom stereocenters. The lowest BCUT2D eigenvalue weighted by atomic mass is 10.0. The Kier molecular flexibility index (Phi) is 75.8. The molecular weight excluding hydrogens is 1080 g/mol. The van der Waals surface area contributed by atoms with Crippen molar-refractivity contribution in [3.63, 3.8) is 0 Å². The number of ether oxygens (including phenoxy) is 1. The maximum Gasteiger partial charge on any atom is 0.305 e. The first kappa shape index (κ1) is 86.1. The summed E-state index contributed by atoms with van der Waals surface area (Å²) in [7, 11) is 0. The van der Waals surface area contributed by atoms with E-state index in [1.165, 1.54) is 366 Å². The van der Waals surface area contributed by atoms with Crippen LogP contribution in [0.2, 0.25) is 0 Å². The highest BCUT2D eigenvalue weighted by Crippen LogP contribution is 2.20. The lowest BCUT2D eigenvalue weighted by molar-refractivity contribution is -0.143. The van der Waals surface area contributed by atoms with Gasteiger partial charge in [-0.25, -0.2) is 0 Å². The Morgan fingerprint density at radius 3 is 0.875 bits per heavy atom. The number of hydrogen-bond acceptors (Lipinski definition) is 5. The average Bonchev–Trinajstić information content (AvgIpc) is 3.58. The van der Waals surface area contributed by atoms with E-state index in [0.29, 0.717) is 25.9 Å². The number of amides is 1. The number of carbonyl (C=O) groups excluding carboxylic acids is 2. The van der Waals surface area contributed by atoms with Gasteiger partial charge in [0.15, 0.2) is 0 Å². The molecule has 0 spiro atoms. The van der Waals surface area contributed by atoms with E-state index in [1.807, 2.05) is 0 Å². The van der Waals surface area contributed by atoms with Crippen molar-refractivity contribution in [3.05, 3.63) is 36.5 Å². The summed E-state index contributed by atoms with van der Waals surface area (Å²) in [4.78, 5) is 24.7. The molecule has 0 aliphatic heterocycles. The van der Waals surface area contributed by atoms with E-state index in [4.69, 9.17) is 4.74 Å². The van der Waals surface area contributed by atoms with E-state index in [9.17, 15) is 19.8 Å². The molecule has 0 heterocycles. The predicted octanol–water partition coefficient (Wildman–Crippen LogP) is 26.6. The van der Waals surface area contributed by atoms with Gasteiger partial charge in [-0.3, -0.25) is 9.59 Å². The van der Waals surface area contributed by atoms with Crippen molar-refractivity contribution in [2.45, 2.75) is 463 Å². The summed E-state index contributed by atoms with van der Waals surface area (Å²) in [5.41, 5.74) is 0. The fraction of sp³-hybridized carbons (Fsp3) is 0.902. The monoisotopic (exact) mass is 1240 g/mol. The lowest BCUT2D eigenvalue weighted by Gasteiger charge is -2.22. The zero-order valence-corrected chi connectivity index (χ0v) is 59.7. The maximum atomic E-state index is 12.6. The third-order valence-corrected chi connectivity index (χ3v) is 18.9. The molecule has 6 heteroatoms. The molecule has 0 bridgehead atoms. The summed E-state index contributed by atoms with van der Waals surface area (Å²) in [5.74, 6) is -0.0216. The largest absolute Gasteiger partial charge is 0.466 e. The van der Waals surface area contributed by atoms with Crippen LogP contribution in [0, 0.1) is 0 Å². The van der Waals surface area contributed by atoms with Crippen LogP contribution in [0.3, 0.4) is 0 Å². The summed E-state index contributed by atoms with van der Waals surface area (Å²) in [6.07, 6.45) is 101. The summed E-state index contributed by atoms with van der Waals surface area (Å²) in [5, 5.41) is 23.5. The molecule has 3 N–H and O–H groups in total. The van der Waals surface area contributed by atoms with Crippen molar-refractivity contribution in [2.24, 2.45) is 0 Å². The third-order valence-electron chi connectivity index (χ3n) is 18.9. The standard InChI is InChI=1S/C82H157NO5/c1-3-5-7-9-11-13-15-17-19-21-23-24-25-29-32-35-39-42-46-50-54-58-62-66-70-74-80(85)79(78-84)83-81(86)75-71-67-63-59-55-51-47-43-40-36-33-30-27-26-28-31-34-37-41-45-49-53-57-61-65-69-73-77-88-82(87)76-72-68-64-60-56-52-48-44-38-22-20-18-16-14-12-10-8-6-4-2/h18,20,26-27,31,34,79-80,84-85H,3-17,19,21-25,28-30,32-33,35-78H2,1-2H3,(H,83,86)/b20-18-,27-26-,34-31-. The van der Waals surface area contributed by atoms with Gasteiger partial charge in [0.2, 0.25) is 5.91 Å². The SMILES string of the molecule is CCCCCCCC/C=C\CCCCCCCCCCCC(=O)OCCCCCCCCCCC/C=C\C/C=C\CCCCCCCCCCCCCC(=O)NC(CO)C(O)CCCCCCCCCCCCCCCCCCCCCCCCCCC. The van der Waals surface area contributed by atoms with Gasteiger partial charge in [-0.05, 0) is 83.5 Å². The van der Waals surface area contributed by atoms with Gasteiger partial charge in [0.1, 0.15) is 0 Å². The van der Waals surface area contributed by atoms with Gasteiger partial charge in [-0.15, -0.1) is 0 Å². The molecule has 0 aromatic carbocycles. The Morgan fingerprint density at radius 1 is 0.318 bits per heavy atom.